The van der Waals surface area contributed by atoms with Crippen molar-refractivity contribution in [3.8, 4) is 0 Å². The zero-order chi connectivity index (χ0) is 14.2. The third-order valence-corrected chi connectivity index (χ3v) is 4.95. The lowest BCUT2D eigenvalue weighted by Crippen LogP contribution is -2.49. The Morgan fingerprint density at radius 2 is 1.90 bits per heavy atom. The number of rotatable bonds is 4. The SMILES string of the molecule is NCC(c1coc2ccccc12)N1CCN(C2CC2)CC1. The van der Waals surface area contributed by atoms with E-state index in [0.29, 0.717) is 6.54 Å². The van der Waals surface area contributed by atoms with E-state index in [1.54, 1.807) is 0 Å². The van der Waals surface area contributed by atoms with Crippen LogP contribution in [0.1, 0.15) is 24.4 Å². The monoisotopic (exact) mass is 285 g/mol. The van der Waals surface area contributed by atoms with Crippen molar-refractivity contribution < 1.29 is 4.42 Å². The molecule has 1 aliphatic heterocycles. The molecule has 0 amide bonds. The van der Waals surface area contributed by atoms with Crippen molar-refractivity contribution >= 4 is 11.0 Å². The summed E-state index contributed by atoms with van der Waals surface area (Å²) in [6, 6.07) is 9.39. The van der Waals surface area contributed by atoms with E-state index in [2.05, 4.69) is 21.9 Å². The van der Waals surface area contributed by atoms with Gasteiger partial charge in [-0.3, -0.25) is 9.80 Å². The predicted octanol–water partition coefficient (Wildman–Crippen LogP) is 2.21. The van der Waals surface area contributed by atoms with E-state index in [1.807, 2.05) is 18.4 Å². The molecule has 1 saturated carbocycles. The third kappa shape index (κ3) is 2.48. The molecule has 4 nitrogen and oxygen atoms in total. The highest BCUT2D eigenvalue weighted by Crippen LogP contribution is 2.32. The number of nitrogens with zero attached hydrogens (tertiary/aromatic N) is 2. The molecule has 1 atom stereocenters. The van der Waals surface area contributed by atoms with Crippen molar-refractivity contribution in [1.29, 1.82) is 0 Å². The number of hydrogen-bond acceptors (Lipinski definition) is 4. The molecule has 0 radical (unpaired) electrons. The maximum Gasteiger partial charge on any atom is 0.134 e. The Labute approximate surface area is 125 Å². The maximum absolute atomic E-state index is 6.10. The normalized spacial score (nSPS) is 22.7. The van der Waals surface area contributed by atoms with Gasteiger partial charge in [0.25, 0.3) is 0 Å². The van der Waals surface area contributed by atoms with Gasteiger partial charge in [0.05, 0.1) is 12.3 Å². The molecule has 4 heteroatoms. The summed E-state index contributed by atoms with van der Waals surface area (Å²) in [6.45, 7) is 5.22. The fourth-order valence-electron chi connectivity index (χ4n) is 3.58. The minimum absolute atomic E-state index is 0.273. The van der Waals surface area contributed by atoms with Gasteiger partial charge in [0, 0.05) is 49.7 Å². The Morgan fingerprint density at radius 3 is 2.62 bits per heavy atom. The van der Waals surface area contributed by atoms with E-state index in [0.717, 1.165) is 24.7 Å². The summed E-state index contributed by atoms with van der Waals surface area (Å²) < 4.78 is 5.70. The van der Waals surface area contributed by atoms with E-state index in [-0.39, 0.29) is 6.04 Å². The maximum atomic E-state index is 6.10. The standard InChI is InChI=1S/C17H23N3O/c18-11-16(15-12-21-17-4-2-1-3-14(15)17)20-9-7-19(8-10-20)13-5-6-13/h1-4,12-13,16H,5-11,18H2. The first kappa shape index (κ1) is 13.3. The summed E-state index contributed by atoms with van der Waals surface area (Å²) in [6.07, 6.45) is 4.69. The second kappa shape index (κ2) is 5.44. The topological polar surface area (TPSA) is 45.6 Å². The van der Waals surface area contributed by atoms with Crippen LogP contribution in [0.5, 0.6) is 0 Å². The fourth-order valence-corrected chi connectivity index (χ4v) is 3.58. The molecule has 2 heterocycles. The van der Waals surface area contributed by atoms with Crippen LogP contribution in [0.2, 0.25) is 0 Å². The largest absolute Gasteiger partial charge is 0.464 e. The number of benzene rings is 1. The highest BCUT2D eigenvalue weighted by molar-refractivity contribution is 5.81. The van der Waals surface area contributed by atoms with E-state index < -0.39 is 0 Å². The van der Waals surface area contributed by atoms with Crippen LogP contribution in [0.15, 0.2) is 34.9 Å². The Kier molecular flexibility index (Phi) is 3.45. The van der Waals surface area contributed by atoms with Gasteiger partial charge in [-0.25, -0.2) is 0 Å². The van der Waals surface area contributed by atoms with Crippen LogP contribution < -0.4 is 5.73 Å². The molecule has 2 N–H and O–H groups in total. The molecule has 2 aliphatic rings. The number of hydrogen-bond donors (Lipinski definition) is 1. The first-order valence-corrected chi connectivity index (χ1v) is 8.01. The molecule has 112 valence electrons. The van der Waals surface area contributed by atoms with Crippen LogP contribution in [0.25, 0.3) is 11.0 Å². The Balaban J connectivity index is 1.54. The Morgan fingerprint density at radius 1 is 1.14 bits per heavy atom. The second-order valence-electron chi connectivity index (χ2n) is 6.24. The minimum Gasteiger partial charge on any atom is -0.464 e. The lowest BCUT2D eigenvalue weighted by atomic mass is 10.0. The van der Waals surface area contributed by atoms with Crippen molar-refractivity contribution in [3.63, 3.8) is 0 Å². The quantitative estimate of drug-likeness (QED) is 0.935. The van der Waals surface area contributed by atoms with Gasteiger partial charge in [0.1, 0.15) is 5.58 Å². The molecule has 2 fully saturated rings. The lowest BCUT2D eigenvalue weighted by molar-refractivity contribution is 0.0940. The molecule has 1 aromatic heterocycles. The predicted molar refractivity (Wildman–Crippen MR) is 84.2 cm³/mol. The van der Waals surface area contributed by atoms with E-state index >= 15 is 0 Å². The van der Waals surface area contributed by atoms with Gasteiger partial charge in [-0.1, -0.05) is 18.2 Å². The van der Waals surface area contributed by atoms with Gasteiger partial charge < -0.3 is 10.2 Å². The average molecular weight is 285 g/mol. The third-order valence-electron chi connectivity index (χ3n) is 4.95. The zero-order valence-corrected chi connectivity index (χ0v) is 12.4. The molecular formula is C17H23N3O. The Bertz CT molecular complexity index is 611. The number of furan rings is 1. The fraction of sp³-hybridized carbons (Fsp3) is 0.529. The first-order valence-electron chi connectivity index (χ1n) is 8.01. The van der Waals surface area contributed by atoms with Crippen molar-refractivity contribution in [2.75, 3.05) is 32.7 Å². The average Bonchev–Trinajstić information content (AvgIpc) is 3.30. The molecule has 0 spiro atoms. The summed E-state index contributed by atoms with van der Waals surface area (Å²) in [5.41, 5.74) is 8.30. The summed E-state index contributed by atoms with van der Waals surface area (Å²) in [5.74, 6) is 0. The van der Waals surface area contributed by atoms with Crippen molar-refractivity contribution in [2.24, 2.45) is 5.73 Å². The van der Waals surface area contributed by atoms with Crippen molar-refractivity contribution in [2.45, 2.75) is 24.9 Å². The first-order chi connectivity index (χ1) is 10.4. The lowest BCUT2D eigenvalue weighted by Gasteiger charge is -2.39. The van der Waals surface area contributed by atoms with Crippen LogP contribution in [0.3, 0.4) is 0 Å². The minimum atomic E-state index is 0.273. The van der Waals surface area contributed by atoms with Crippen LogP contribution >= 0.6 is 0 Å². The van der Waals surface area contributed by atoms with E-state index in [4.69, 9.17) is 10.2 Å². The molecule has 1 aliphatic carbocycles. The van der Waals surface area contributed by atoms with Gasteiger partial charge in [0.15, 0.2) is 0 Å². The number of para-hydroxylation sites is 1. The molecule has 4 rings (SSSR count). The summed E-state index contributed by atoms with van der Waals surface area (Å²) >= 11 is 0. The highest BCUT2D eigenvalue weighted by atomic mass is 16.3. The van der Waals surface area contributed by atoms with Crippen molar-refractivity contribution in [1.82, 2.24) is 9.80 Å². The van der Waals surface area contributed by atoms with Crippen LogP contribution in [-0.2, 0) is 0 Å². The molecular weight excluding hydrogens is 262 g/mol. The summed E-state index contributed by atoms with van der Waals surface area (Å²) in [4.78, 5) is 5.16. The molecule has 2 aromatic rings. The second-order valence-corrected chi connectivity index (χ2v) is 6.24. The zero-order valence-electron chi connectivity index (χ0n) is 12.4. The summed E-state index contributed by atoms with van der Waals surface area (Å²) in [7, 11) is 0. The van der Waals surface area contributed by atoms with Gasteiger partial charge in [-0.15, -0.1) is 0 Å². The number of nitrogens with two attached hydrogens (primary N) is 1. The molecule has 21 heavy (non-hydrogen) atoms. The van der Waals surface area contributed by atoms with Crippen molar-refractivity contribution in [3.05, 3.63) is 36.1 Å². The van der Waals surface area contributed by atoms with E-state index in [1.165, 1.54) is 36.9 Å². The molecule has 1 aromatic carbocycles. The van der Waals surface area contributed by atoms with Crippen LogP contribution in [-0.4, -0.2) is 48.6 Å². The van der Waals surface area contributed by atoms with Gasteiger partial charge >= 0.3 is 0 Å². The molecule has 1 unspecified atom stereocenters. The van der Waals surface area contributed by atoms with E-state index in [9.17, 15) is 0 Å². The number of fused-ring (bicyclic) bond motifs is 1. The highest BCUT2D eigenvalue weighted by Gasteiger charge is 2.33. The van der Waals surface area contributed by atoms with Gasteiger partial charge in [-0.05, 0) is 18.9 Å². The molecule has 1 saturated heterocycles. The van der Waals surface area contributed by atoms with Gasteiger partial charge in [-0.2, -0.15) is 0 Å². The Hall–Kier alpha value is -1.36. The summed E-state index contributed by atoms with van der Waals surface area (Å²) in [5, 5.41) is 1.21. The molecule has 0 bridgehead atoms. The number of piperazine rings is 1. The van der Waals surface area contributed by atoms with Crippen LogP contribution in [0.4, 0.5) is 0 Å². The van der Waals surface area contributed by atoms with Crippen LogP contribution in [0, 0.1) is 0 Å². The van der Waals surface area contributed by atoms with Gasteiger partial charge in [0.2, 0.25) is 0 Å². The smallest absolute Gasteiger partial charge is 0.134 e.